The SMILES string of the molecule is C/C=C/C1CCc2c(ccc(C#Cc3cc(F)c(F)c(F)c3)c2F)C1. The highest BCUT2D eigenvalue weighted by atomic mass is 19.2. The van der Waals surface area contributed by atoms with Crippen LogP contribution in [0.1, 0.15) is 35.6 Å². The molecule has 25 heavy (non-hydrogen) atoms. The molecule has 0 saturated carbocycles. The number of hydrogen-bond donors (Lipinski definition) is 0. The molecule has 0 bridgehead atoms. The quantitative estimate of drug-likeness (QED) is 0.284. The minimum absolute atomic E-state index is 0.0401. The molecule has 0 spiro atoms. The van der Waals surface area contributed by atoms with Gasteiger partial charge in [0.2, 0.25) is 0 Å². The van der Waals surface area contributed by atoms with Gasteiger partial charge in [-0.3, -0.25) is 0 Å². The fourth-order valence-corrected chi connectivity index (χ4v) is 3.14. The lowest BCUT2D eigenvalue weighted by molar-refractivity contribution is 0.446. The van der Waals surface area contributed by atoms with Crippen molar-refractivity contribution in [3.05, 3.63) is 81.9 Å². The van der Waals surface area contributed by atoms with E-state index in [1.165, 1.54) is 0 Å². The summed E-state index contributed by atoms with van der Waals surface area (Å²) in [5.41, 5.74) is 1.76. The van der Waals surface area contributed by atoms with Crippen molar-refractivity contribution in [1.82, 2.24) is 0 Å². The van der Waals surface area contributed by atoms with Crippen LogP contribution in [0, 0.1) is 41.0 Å². The molecule has 0 aromatic heterocycles. The van der Waals surface area contributed by atoms with Crippen molar-refractivity contribution in [3.63, 3.8) is 0 Å². The van der Waals surface area contributed by atoms with E-state index in [0.717, 1.165) is 30.5 Å². The van der Waals surface area contributed by atoms with Crippen LogP contribution in [0.4, 0.5) is 17.6 Å². The third-order valence-corrected chi connectivity index (χ3v) is 4.38. The molecular weight excluding hydrogens is 328 g/mol. The van der Waals surface area contributed by atoms with Crippen molar-refractivity contribution < 1.29 is 17.6 Å². The lowest BCUT2D eigenvalue weighted by atomic mass is 9.82. The van der Waals surface area contributed by atoms with Gasteiger partial charge in [0.15, 0.2) is 17.5 Å². The number of benzene rings is 2. The van der Waals surface area contributed by atoms with Gasteiger partial charge >= 0.3 is 0 Å². The summed E-state index contributed by atoms with van der Waals surface area (Å²) in [4.78, 5) is 0. The molecule has 2 aromatic carbocycles. The zero-order valence-corrected chi connectivity index (χ0v) is 13.7. The smallest absolute Gasteiger partial charge is 0.194 e. The first-order chi connectivity index (χ1) is 12.0. The Morgan fingerprint density at radius 2 is 1.72 bits per heavy atom. The third kappa shape index (κ3) is 3.61. The zero-order chi connectivity index (χ0) is 18.0. The average molecular weight is 344 g/mol. The normalized spacial score (nSPS) is 16.4. The molecule has 1 aliphatic carbocycles. The van der Waals surface area contributed by atoms with E-state index in [0.29, 0.717) is 17.9 Å². The summed E-state index contributed by atoms with van der Waals surface area (Å²) in [5.74, 6) is 0.957. The van der Waals surface area contributed by atoms with Gasteiger partial charge in [-0.1, -0.05) is 30.1 Å². The van der Waals surface area contributed by atoms with Crippen LogP contribution in [-0.2, 0) is 12.8 Å². The maximum Gasteiger partial charge on any atom is 0.194 e. The molecule has 1 unspecified atom stereocenters. The van der Waals surface area contributed by atoms with E-state index in [1.54, 1.807) is 6.07 Å². The highest BCUT2D eigenvalue weighted by Crippen LogP contribution is 2.29. The largest absolute Gasteiger partial charge is 0.205 e. The van der Waals surface area contributed by atoms with Crippen LogP contribution in [0.25, 0.3) is 0 Å². The molecule has 3 rings (SSSR count). The molecule has 0 nitrogen and oxygen atoms in total. The van der Waals surface area contributed by atoms with E-state index >= 15 is 0 Å². The van der Waals surface area contributed by atoms with Crippen LogP contribution in [0.5, 0.6) is 0 Å². The number of fused-ring (bicyclic) bond motifs is 1. The Morgan fingerprint density at radius 3 is 2.40 bits per heavy atom. The predicted molar refractivity (Wildman–Crippen MR) is 89.0 cm³/mol. The van der Waals surface area contributed by atoms with Gasteiger partial charge in [-0.05, 0) is 61.4 Å². The second-order valence-corrected chi connectivity index (χ2v) is 6.10. The van der Waals surface area contributed by atoms with Gasteiger partial charge in [-0.15, -0.1) is 0 Å². The molecule has 0 saturated heterocycles. The maximum atomic E-state index is 14.7. The van der Waals surface area contributed by atoms with E-state index < -0.39 is 17.5 Å². The number of rotatable bonds is 1. The van der Waals surface area contributed by atoms with Crippen molar-refractivity contribution in [2.75, 3.05) is 0 Å². The van der Waals surface area contributed by atoms with Crippen molar-refractivity contribution >= 4 is 0 Å². The van der Waals surface area contributed by atoms with E-state index in [-0.39, 0.29) is 16.9 Å². The molecular formula is C21H16F4. The average Bonchev–Trinajstić information content (AvgIpc) is 2.59. The van der Waals surface area contributed by atoms with E-state index in [9.17, 15) is 17.6 Å². The lowest BCUT2D eigenvalue weighted by Crippen LogP contribution is -2.14. The van der Waals surface area contributed by atoms with Crippen LogP contribution in [-0.4, -0.2) is 0 Å². The summed E-state index contributed by atoms with van der Waals surface area (Å²) in [6.45, 7) is 1.97. The number of allylic oxidation sites excluding steroid dienone is 2. The Hall–Kier alpha value is -2.54. The van der Waals surface area contributed by atoms with Crippen LogP contribution in [0.15, 0.2) is 36.4 Å². The number of halogens is 4. The molecule has 1 aliphatic rings. The van der Waals surface area contributed by atoms with Gasteiger partial charge < -0.3 is 0 Å². The molecule has 0 radical (unpaired) electrons. The first-order valence-corrected chi connectivity index (χ1v) is 8.09. The molecule has 0 N–H and O–H groups in total. The molecule has 128 valence electrons. The topological polar surface area (TPSA) is 0 Å². The summed E-state index contributed by atoms with van der Waals surface area (Å²) in [6, 6.07) is 5.02. The second-order valence-electron chi connectivity index (χ2n) is 6.10. The first-order valence-electron chi connectivity index (χ1n) is 8.09. The predicted octanol–water partition coefficient (Wildman–Crippen LogP) is 5.32. The van der Waals surface area contributed by atoms with E-state index in [2.05, 4.69) is 17.9 Å². The van der Waals surface area contributed by atoms with Gasteiger partial charge in [0.05, 0.1) is 5.56 Å². The summed E-state index contributed by atoms with van der Waals surface area (Å²) >= 11 is 0. The fourth-order valence-electron chi connectivity index (χ4n) is 3.14. The molecule has 0 fully saturated rings. The van der Waals surface area contributed by atoms with Crippen LogP contribution >= 0.6 is 0 Å². The molecule has 0 amide bonds. The summed E-state index contributed by atoms with van der Waals surface area (Å²) in [7, 11) is 0. The third-order valence-electron chi connectivity index (χ3n) is 4.38. The van der Waals surface area contributed by atoms with Gasteiger partial charge in [0.25, 0.3) is 0 Å². The maximum absolute atomic E-state index is 14.7. The van der Waals surface area contributed by atoms with Gasteiger partial charge in [0.1, 0.15) is 5.82 Å². The molecule has 1 atom stereocenters. The summed E-state index contributed by atoms with van der Waals surface area (Å²) in [5, 5.41) is 0. The first kappa shape index (κ1) is 17.3. The Morgan fingerprint density at radius 1 is 1.00 bits per heavy atom. The van der Waals surface area contributed by atoms with Gasteiger partial charge in [-0.2, -0.15) is 0 Å². The van der Waals surface area contributed by atoms with E-state index in [1.807, 2.05) is 19.1 Å². The van der Waals surface area contributed by atoms with Crippen molar-refractivity contribution in [2.24, 2.45) is 5.92 Å². The van der Waals surface area contributed by atoms with Crippen molar-refractivity contribution in [1.29, 1.82) is 0 Å². The lowest BCUT2D eigenvalue weighted by Gasteiger charge is -2.23. The standard InChI is InChI=1S/C21H16F4/c1-2-3-13-5-9-17-16(10-13)8-7-15(20(17)24)6-4-14-11-18(22)21(25)19(23)12-14/h2-3,7-8,11-13H,5,9-10H2,1H3/b3-2+. The Labute approximate surface area is 144 Å². The highest BCUT2D eigenvalue weighted by Gasteiger charge is 2.20. The molecule has 0 aliphatic heterocycles. The highest BCUT2D eigenvalue weighted by molar-refractivity contribution is 5.48. The monoisotopic (exact) mass is 344 g/mol. The Bertz CT molecular complexity index is 877. The number of hydrogen-bond acceptors (Lipinski definition) is 0. The van der Waals surface area contributed by atoms with Crippen LogP contribution < -0.4 is 0 Å². The van der Waals surface area contributed by atoms with Crippen molar-refractivity contribution in [3.8, 4) is 11.8 Å². The van der Waals surface area contributed by atoms with Crippen LogP contribution in [0.3, 0.4) is 0 Å². The van der Waals surface area contributed by atoms with Gasteiger partial charge in [-0.25, -0.2) is 17.6 Å². The van der Waals surface area contributed by atoms with E-state index in [4.69, 9.17) is 0 Å². The van der Waals surface area contributed by atoms with Gasteiger partial charge in [0, 0.05) is 5.56 Å². The zero-order valence-electron chi connectivity index (χ0n) is 13.7. The minimum Gasteiger partial charge on any atom is -0.205 e. The Balaban J connectivity index is 1.91. The fraction of sp³-hybridized carbons (Fsp3) is 0.238. The van der Waals surface area contributed by atoms with Crippen LogP contribution in [0.2, 0.25) is 0 Å². The van der Waals surface area contributed by atoms with Crippen molar-refractivity contribution in [2.45, 2.75) is 26.2 Å². The molecule has 4 heteroatoms. The summed E-state index contributed by atoms with van der Waals surface area (Å²) < 4.78 is 54.0. The summed E-state index contributed by atoms with van der Waals surface area (Å²) in [6.07, 6.45) is 6.43. The Kier molecular flexibility index (Phi) is 4.94. The second kappa shape index (κ2) is 7.14. The minimum atomic E-state index is -1.54. The molecule has 0 heterocycles. The molecule has 2 aromatic rings.